The van der Waals surface area contributed by atoms with Crippen molar-refractivity contribution >= 4 is 15.9 Å². The summed E-state index contributed by atoms with van der Waals surface area (Å²) in [5, 5.41) is 3.32. The summed E-state index contributed by atoms with van der Waals surface area (Å²) in [4.78, 5) is 0. The van der Waals surface area contributed by atoms with Gasteiger partial charge >= 0.3 is 0 Å². The second-order valence-corrected chi connectivity index (χ2v) is 6.21. The van der Waals surface area contributed by atoms with Gasteiger partial charge in [0.1, 0.15) is 11.5 Å². The van der Waals surface area contributed by atoms with E-state index >= 15 is 0 Å². The number of ether oxygens (including phenoxy) is 1. The van der Waals surface area contributed by atoms with Crippen LogP contribution in [0.3, 0.4) is 0 Å². The summed E-state index contributed by atoms with van der Waals surface area (Å²) in [6.45, 7) is 8.31. The van der Waals surface area contributed by atoms with Gasteiger partial charge < -0.3 is 10.1 Å². The van der Waals surface area contributed by atoms with Crippen LogP contribution >= 0.6 is 15.9 Å². The molecule has 0 spiro atoms. The molecule has 21 heavy (non-hydrogen) atoms. The van der Waals surface area contributed by atoms with Crippen LogP contribution in [0.1, 0.15) is 37.8 Å². The molecule has 2 aromatic carbocycles. The first-order valence-corrected chi connectivity index (χ1v) is 8.16. The summed E-state index contributed by atoms with van der Waals surface area (Å²) in [6.07, 6.45) is 0. The summed E-state index contributed by atoms with van der Waals surface area (Å²) >= 11 is 3.60. The van der Waals surface area contributed by atoms with E-state index in [1.165, 1.54) is 11.1 Å². The third kappa shape index (κ3) is 4.58. The first-order chi connectivity index (χ1) is 10.1. The maximum Gasteiger partial charge on any atom is 0.128 e. The molecule has 0 atom stereocenters. The third-order valence-electron chi connectivity index (χ3n) is 3.37. The summed E-state index contributed by atoms with van der Waals surface area (Å²) in [7, 11) is 0. The molecule has 0 heterocycles. The van der Waals surface area contributed by atoms with Crippen molar-refractivity contribution in [3.8, 4) is 11.5 Å². The molecule has 112 valence electrons. The minimum Gasteiger partial charge on any atom is -0.457 e. The Bertz CT molecular complexity index is 578. The topological polar surface area (TPSA) is 21.3 Å². The summed E-state index contributed by atoms with van der Waals surface area (Å²) in [5.41, 5.74) is 2.56. The molecule has 3 heteroatoms. The highest BCUT2D eigenvalue weighted by atomic mass is 79.9. The number of rotatable bonds is 6. The predicted octanol–water partition coefficient (Wildman–Crippen LogP) is 5.47. The highest BCUT2D eigenvalue weighted by molar-refractivity contribution is 9.10. The van der Waals surface area contributed by atoms with Crippen molar-refractivity contribution in [2.45, 2.75) is 33.2 Å². The number of hydrogen-bond acceptors (Lipinski definition) is 2. The molecule has 2 nitrogen and oxygen atoms in total. The van der Waals surface area contributed by atoms with E-state index in [4.69, 9.17) is 4.74 Å². The van der Waals surface area contributed by atoms with Gasteiger partial charge in [-0.2, -0.15) is 0 Å². The van der Waals surface area contributed by atoms with Gasteiger partial charge in [0.25, 0.3) is 0 Å². The minimum atomic E-state index is 0.540. The molecule has 2 rings (SSSR count). The van der Waals surface area contributed by atoms with Gasteiger partial charge in [0, 0.05) is 11.0 Å². The van der Waals surface area contributed by atoms with Crippen LogP contribution in [0.25, 0.3) is 0 Å². The van der Waals surface area contributed by atoms with Crippen molar-refractivity contribution in [3.05, 3.63) is 58.1 Å². The second kappa shape index (κ2) is 7.62. The van der Waals surface area contributed by atoms with Crippen molar-refractivity contribution in [2.24, 2.45) is 0 Å². The van der Waals surface area contributed by atoms with Gasteiger partial charge in [-0.1, -0.05) is 54.9 Å². The van der Waals surface area contributed by atoms with Gasteiger partial charge in [0.2, 0.25) is 0 Å². The molecule has 0 unspecified atom stereocenters. The minimum absolute atomic E-state index is 0.540. The third-order valence-corrected chi connectivity index (χ3v) is 4.11. The van der Waals surface area contributed by atoms with Crippen LogP contribution < -0.4 is 10.1 Å². The first kappa shape index (κ1) is 16.1. The van der Waals surface area contributed by atoms with E-state index in [1.54, 1.807) is 0 Å². The van der Waals surface area contributed by atoms with E-state index in [1.807, 2.05) is 24.3 Å². The molecule has 2 aromatic rings. The average Bonchev–Trinajstić information content (AvgIpc) is 2.47. The lowest BCUT2D eigenvalue weighted by atomic mass is 10.0. The Morgan fingerprint density at radius 2 is 1.71 bits per heavy atom. The number of nitrogens with one attached hydrogen (secondary N) is 1. The van der Waals surface area contributed by atoms with E-state index in [0.717, 1.165) is 29.1 Å². The molecule has 0 radical (unpaired) electrons. The fourth-order valence-electron chi connectivity index (χ4n) is 2.05. The van der Waals surface area contributed by atoms with Crippen LogP contribution in [0.5, 0.6) is 11.5 Å². The highest BCUT2D eigenvalue weighted by Gasteiger charge is 2.04. The van der Waals surface area contributed by atoms with Crippen LogP contribution in [-0.4, -0.2) is 6.54 Å². The average molecular weight is 348 g/mol. The Labute approximate surface area is 135 Å². The zero-order valence-corrected chi connectivity index (χ0v) is 14.4. The second-order valence-electron chi connectivity index (χ2n) is 5.36. The quantitative estimate of drug-likeness (QED) is 0.747. The summed E-state index contributed by atoms with van der Waals surface area (Å²) < 4.78 is 6.97. The fourth-order valence-corrected chi connectivity index (χ4v) is 2.55. The summed E-state index contributed by atoms with van der Waals surface area (Å²) in [5.74, 6) is 2.25. The predicted molar refractivity (Wildman–Crippen MR) is 92.1 cm³/mol. The Balaban J connectivity index is 2.07. The maximum atomic E-state index is 5.90. The summed E-state index contributed by atoms with van der Waals surface area (Å²) in [6, 6.07) is 14.4. The number of halogens is 1. The smallest absolute Gasteiger partial charge is 0.128 e. The van der Waals surface area contributed by atoms with Crippen LogP contribution in [0.2, 0.25) is 0 Å². The molecule has 0 aliphatic rings. The molecule has 0 aromatic heterocycles. The van der Waals surface area contributed by atoms with E-state index < -0.39 is 0 Å². The van der Waals surface area contributed by atoms with Crippen LogP contribution in [0.4, 0.5) is 0 Å². The van der Waals surface area contributed by atoms with Gasteiger partial charge in [-0.25, -0.2) is 0 Å². The molecule has 0 saturated carbocycles. The Morgan fingerprint density at radius 1 is 1.05 bits per heavy atom. The zero-order valence-electron chi connectivity index (χ0n) is 12.8. The molecule has 0 aliphatic heterocycles. The molecular weight excluding hydrogens is 326 g/mol. The van der Waals surface area contributed by atoms with Gasteiger partial charge in [-0.15, -0.1) is 0 Å². The normalized spacial score (nSPS) is 10.9. The zero-order chi connectivity index (χ0) is 15.2. The molecule has 0 bridgehead atoms. The monoisotopic (exact) mass is 347 g/mol. The van der Waals surface area contributed by atoms with Crippen molar-refractivity contribution in [1.29, 1.82) is 0 Å². The van der Waals surface area contributed by atoms with Crippen molar-refractivity contribution in [2.75, 3.05) is 6.54 Å². The molecular formula is C18H22BrNO. The van der Waals surface area contributed by atoms with Gasteiger partial charge in [0.05, 0.1) is 0 Å². The van der Waals surface area contributed by atoms with Gasteiger partial charge in [-0.05, 0) is 47.9 Å². The van der Waals surface area contributed by atoms with Crippen molar-refractivity contribution in [1.82, 2.24) is 5.32 Å². The first-order valence-electron chi connectivity index (χ1n) is 7.37. The Morgan fingerprint density at radius 3 is 2.29 bits per heavy atom. The van der Waals surface area contributed by atoms with Crippen molar-refractivity contribution in [3.63, 3.8) is 0 Å². The fraction of sp³-hybridized carbons (Fsp3) is 0.333. The largest absolute Gasteiger partial charge is 0.457 e. The molecule has 1 N–H and O–H groups in total. The molecule has 0 fully saturated rings. The standard InChI is InChI=1S/C18H22BrNO/c1-4-20-12-15-7-10-17(11-18(15)19)21-16-8-5-14(6-9-16)13(2)3/h5-11,13,20H,4,12H2,1-3H3. The Kier molecular flexibility index (Phi) is 5.83. The molecule has 0 amide bonds. The molecule has 0 saturated heterocycles. The maximum absolute atomic E-state index is 5.90. The van der Waals surface area contributed by atoms with E-state index in [0.29, 0.717) is 5.92 Å². The van der Waals surface area contributed by atoms with Gasteiger partial charge in [-0.3, -0.25) is 0 Å². The highest BCUT2D eigenvalue weighted by Crippen LogP contribution is 2.28. The van der Waals surface area contributed by atoms with E-state index in [-0.39, 0.29) is 0 Å². The Hall–Kier alpha value is -1.32. The van der Waals surface area contributed by atoms with Gasteiger partial charge in [0.15, 0.2) is 0 Å². The molecule has 0 aliphatic carbocycles. The number of benzene rings is 2. The van der Waals surface area contributed by atoms with E-state index in [2.05, 4.69) is 60.2 Å². The lowest BCUT2D eigenvalue weighted by Crippen LogP contribution is -2.11. The SMILES string of the molecule is CCNCc1ccc(Oc2ccc(C(C)C)cc2)cc1Br. The lowest BCUT2D eigenvalue weighted by molar-refractivity contribution is 0.481. The van der Waals surface area contributed by atoms with Crippen LogP contribution in [0.15, 0.2) is 46.9 Å². The van der Waals surface area contributed by atoms with Crippen LogP contribution in [-0.2, 0) is 6.54 Å². The van der Waals surface area contributed by atoms with E-state index in [9.17, 15) is 0 Å². The van der Waals surface area contributed by atoms with Crippen molar-refractivity contribution < 1.29 is 4.74 Å². The number of hydrogen-bond donors (Lipinski definition) is 1. The lowest BCUT2D eigenvalue weighted by Gasteiger charge is -2.11. The van der Waals surface area contributed by atoms with Crippen LogP contribution in [0, 0.1) is 0 Å².